The SMILES string of the molecule is CN1C(=O)CO[C@@H](C(=O)NCCCn2ccnc2)[C@H]1c1ccc(F)cc1. The number of hydrogen-bond donors (Lipinski definition) is 1. The van der Waals surface area contributed by atoms with Crippen LogP contribution >= 0.6 is 0 Å². The number of carbonyl (C=O) groups excluding carboxylic acids is 2. The molecular formula is C18H21FN4O3. The van der Waals surface area contributed by atoms with Crippen LogP contribution in [0.15, 0.2) is 43.0 Å². The van der Waals surface area contributed by atoms with Crippen molar-refractivity contribution in [1.29, 1.82) is 0 Å². The summed E-state index contributed by atoms with van der Waals surface area (Å²) in [7, 11) is 1.62. The molecule has 1 aliphatic rings. The first-order valence-corrected chi connectivity index (χ1v) is 8.42. The van der Waals surface area contributed by atoms with Crippen LogP contribution in [-0.2, 0) is 20.9 Å². The van der Waals surface area contributed by atoms with Crippen LogP contribution in [-0.4, -0.2) is 52.6 Å². The molecule has 1 aromatic carbocycles. The van der Waals surface area contributed by atoms with Crippen molar-refractivity contribution in [3.8, 4) is 0 Å². The molecule has 0 radical (unpaired) electrons. The number of nitrogens with one attached hydrogen (secondary N) is 1. The highest BCUT2D eigenvalue weighted by atomic mass is 19.1. The van der Waals surface area contributed by atoms with Crippen molar-refractivity contribution in [2.45, 2.75) is 25.1 Å². The fourth-order valence-corrected chi connectivity index (χ4v) is 2.98. The summed E-state index contributed by atoms with van der Waals surface area (Å²) in [6, 6.07) is 5.16. The van der Waals surface area contributed by atoms with E-state index in [1.807, 2.05) is 10.8 Å². The topological polar surface area (TPSA) is 76.5 Å². The molecule has 0 spiro atoms. The number of likely N-dealkylation sites (N-methyl/N-ethyl adjacent to an activating group) is 1. The van der Waals surface area contributed by atoms with Gasteiger partial charge < -0.3 is 19.5 Å². The van der Waals surface area contributed by atoms with Gasteiger partial charge in [0.05, 0.1) is 12.4 Å². The third kappa shape index (κ3) is 4.08. The van der Waals surface area contributed by atoms with Gasteiger partial charge in [0, 0.05) is 32.5 Å². The summed E-state index contributed by atoms with van der Waals surface area (Å²) in [5.41, 5.74) is 0.653. The number of morpholine rings is 1. The first-order chi connectivity index (χ1) is 12.6. The average Bonchev–Trinajstić information content (AvgIpc) is 3.15. The van der Waals surface area contributed by atoms with E-state index in [0.717, 1.165) is 13.0 Å². The van der Waals surface area contributed by atoms with Crippen molar-refractivity contribution in [2.75, 3.05) is 20.2 Å². The zero-order chi connectivity index (χ0) is 18.5. The smallest absolute Gasteiger partial charge is 0.251 e. The van der Waals surface area contributed by atoms with Crippen molar-refractivity contribution in [3.63, 3.8) is 0 Å². The molecule has 7 nitrogen and oxygen atoms in total. The van der Waals surface area contributed by atoms with E-state index >= 15 is 0 Å². The predicted molar refractivity (Wildman–Crippen MR) is 91.5 cm³/mol. The third-order valence-electron chi connectivity index (χ3n) is 4.41. The molecule has 0 aliphatic carbocycles. The summed E-state index contributed by atoms with van der Waals surface area (Å²) >= 11 is 0. The Hall–Kier alpha value is -2.74. The molecule has 0 unspecified atom stereocenters. The van der Waals surface area contributed by atoms with Gasteiger partial charge in [0.2, 0.25) is 5.91 Å². The lowest BCUT2D eigenvalue weighted by Crippen LogP contribution is -2.53. The second-order valence-electron chi connectivity index (χ2n) is 6.18. The lowest BCUT2D eigenvalue weighted by atomic mass is 9.97. The number of ether oxygens (including phenoxy) is 1. The second-order valence-corrected chi connectivity index (χ2v) is 6.18. The van der Waals surface area contributed by atoms with Crippen LogP contribution in [0.5, 0.6) is 0 Å². The van der Waals surface area contributed by atoms with Gasteiger partial charge in [0.15, 0.2) is 6.10 Å². The average molecular weight is 360 g/mol. The van der Waals surface area contributed by atoms with Crippen LogP contribution < -0.4 is 5.32 Å². The molecular weight excluding hydrogens is 339 g/mol. The Morgan fingerprint density at radius 3 is 2.85 bits per heavy atom. The minimum atomic E-state index is -0.837. The molecule has 2 atom stereocenters. The van der Waals surface area contributed by atoms with Gasteiger partial charge in [-0.25, -0.2) is 9.37 Å². The molecule has 1 aliphatic heterocycles. The largest absolute Gasteiger partial charge is 0.356 e. The Morgan fingerprint density at radius 2 is 2.15 bits per heavy atom. The van der Waals surface area contributed by atoms with Crippen molar-refractivity contribution in [1.82, 2.24) is 19.8 Å². The lowest BCUT2D eigenvalue weighted by Gasteiger charge is -2.38. The molecule has 2 heterocycles. The number of aromatic nitrogens is 2. The molecule has 1 fully saturated rings. The van der Waals surface area contributed by atoms with E-state index in [2.05, 4.69) is 10.3 Å². The van der Waals surface area contributed by atoms with E-state index in [4.69, 9.17) is 4.74 Å². The van der Waals surface area contributed by atoms with Crippen molar-refractivity contribution >= 4 is 11.8 Å². The van der Waals surface area contributed by atoms with Gasteiger partial charge in [0.25, 0.3) is 5.91 Å². The van der Waals surface area contributed by atoms with E-state index in [1.54, 1.807) is 31.7 Å². The van der Waals surface area contributed by atoms with Crippen LogP contribution in [0.1, 0.15) is 18.0 Å². The Kier molecular flexibility index (Phi) is 5.62. The maximum absolute atomic E-state index is 13.2. The summed E-state index contributed by atoms with van der Waals surface area (Å²) in [5.74, 6) is -0.882. The molecule has 1 aromatic heterocycles. The van der Waals surface area contributed by atoms with Gasteiger partial charge >= 0.3 is 0 Å². The second kappa shape index (κ2) is 8.09. The standard InChI is InChI=1S/C18H21FN4O3/c1-22-15(24)11-26-17(16(22)13-3-5-14(19)6-4-13)18(25)21-7-2-9-23-10-8-20-12-23/h3-6,8,10,12,16-17H,2,7,9,11H2,1H3,(H,21,25)/t16-,17-/m1/s1. The van der Waals surface area contributed by atoms with Gasteiger partial charge in [-0.3, -0.25) is 9.59 Å². The minimum absolute atomic E-state index is 0.151. The summed E-state index contributed by atoms with van der Waals surface area (Å²) in [6.45, 7) is 1.07. The lowest BCUT2D eigenvalue weighted by molar-refractivity contribution is -0.162. The highest BCUT2D eigenvalue weighted by Gasteiger charge is 2.39. The van der Waals surface area contributed by atoms with E-state index in [1.165, 1.54) is 17.0 Å². The van der Waals surface area contributed by atoms with E-state index < -0.39 is 12.1 Å². The molecule has 8 heteroatoms. The molecule has 1 saturated heterocycles. The Bertz CT molecular complexity index is 748. The summed E-state index contributed by atoms with van der Waals surface area (Å²) < 4.78 is 20.6. The van der Waals surface area contributed by atoms with Gasteiger partial charge in [0.1, 0.15) is 12.4 Å². The normalized spacial score (nSPS) is 20.2. The van der Waals surface area contributed by atoms with Crippen LogP contribution in [0.4, 0.5) is 4.39 Å². The number of aryl methyl sites for hydroxylation is 1. The molecule has 0 bridgehead atoms. The zero-order valence-electron chi connectivity index (χ0n) is 14.5. The minimum Gasteiger partial charge on any atom is -0.356 e. The molecule has 1 N–H and O–H groups in total. The molecule has 2 amide bonds. The maximum Gasteiger partial charge on any atom is 0.251 e. The fraction of sp³-hybridized carbons (Fsp3) is 0.389. The van der Waals surface area contributed by atoms with Gasteiger partial charge in [-0.2, -0.15) is 0 Å². The number of nitrogens with zero attached hydrogens (tertiary/aromatic N) is 3. The molecule has 0 saturated carbocycles. The highest BCUT2D eigenvalue weighted by Crippen LogP contribution is 2.29. The Labute approximate surface area is 150 Å². The summed E-state index contributed by atoms with van der Waals surface area (Å²) in [4.78, 5) is 30.0. The Morgan fingerprint density at radius 1 is 1.38 bits per heavy atom. The van der Waals surface area contributed by atoms with Gasteiger partial charge in [-0.15, -0.1) is 0 Å². The summed E-state index contributed by atoms with van der Waals surface area (Å²) in [6.07, 6.45) is 5.18. The number of imidazole rings is 1. The first kappa shape index (κ1) is 18.1. The first-order valence-electron chi connectivity index (χ1n) is 8.42. The predicted octanol–water partition coefficient (Wildman–Crippen LogP) is 1.13. The highest BCUT2D eigenvalue weighted by molar-refractivity contribution is 5.86. The number of rotatable bonds is 6. The number of amides is 2. The fourth-order valence-electron chi connectivity index (χ4n) is 2.98. The van der Waals surface area contributed by atoms with Gasteiger partial charge in [-0.1, -0.05) is 12.1 Å². The van der Waals surface area contributed by atoms with Crippen LogP contribution in [0.3, 0.4) is 0 Å². The molecule has 138 valence electrons. The molecule has 2 aromatic rings. The van der Waals surface area contributed by atoms with Crippen molar-refractivity contribution in [3.05, 3.63) is 54.4 Å². The summed E-state index contributed by atoms with van der Waals surface area (Å²) in [5, 5.41) is 2.85. The van der Waals surface area contributed by atoms with Crippen molar-refractivity contribution < 1.29 is 18.7 Å². The van der Waals surface area contributed by atoms with E-state index in [9.17, 15) is 14.0 Å². The maximum atomic E-state index is 13.2. The third-order valence-corrected chi connectivity index (χ3v) is 4.41. The number of halogens is 1. The van der Waals surface area contributed by atoms with Crippen LogP contribution in [0.25, 0.3) is 0 Å². The van der Waals surface area contributed by atoms with E-state index in [0.29, 0.717) is 12.1 Å². The quantitative estimate of drug-likeness (QED) is 0.784. The molecule has 26 heavy (non-hydrogen) atoms. The van der Waals surface area contributed by atoms with Crippen molar-refractivity contribution in [2.24, 2.45) is 0 Å². The Balaban J connectivity index is 1.63. The molecule has 3 rings (SSSR count). The van der Waals surface area contributed by atoms with Crippen LogP contribution in [0.2, 0.25) is 0 Å². The van der Waals surface area contributed by atoms with Crippen LogP contribution in [0, 0.1) is 5.82 Å². The number of hydrogen-bond acceptors (Lipinski definition) is 4. The number of benzene rings is 1. The van der Waals surface area contributed by atoms with Gasteiger partial charge in [-0.05, 0) is 24.1 Å². The monoisotopic (exact) mass is 360 g/mol. The zero-order valence-corrected chi connectivity index (χ0v) is 14.5. The number of carbonyl (C=O) groups is 2. The van der Waals surface area contributed by atoms with E-state index in [-0.39, 0.29) is 24.2 Å².